The van der Waals surface area contributed by atoms with E-state index in [-0.39, 0.29) is 11.9 Å². The number of carbonyl (C=O) groups excluding carboxylic acids is 1. The summed E-state index contributed by atoms with van der Waals surface area (Å²) in [5, 5.41) is 3.06. The zero-order chi connectivity index (χ0) is 18.4. The highest BCUT2D eigenvalue weighted by molar-refractivity contribution is 5.95. The second-order valence-corrected chi connectivity index (χ2v) is 6.09. The van der Waals surface area contributed by atoms with Gasteiger partial charge in [0.1, 0.15) is 0 Å². The van der Waals surface area contributed by atoms with Gasteiger partial charge in [-0.2, -0.15) is 0 Å². The van der Waals surface area contributed by atoms with Crippen LogP contribution in [0.2, 0.25) is 0 Å². The predicted octanol–water partition coefficient (Wildman–Crippen LogP) is 4.59. The molecule has 4 heteroatoms. The molecule has 0 fully saturated rings. The van der Waals surface area contributed by atoms with E-state index in [0.717, 1.165) is 22.4 Å². The molecule has 1 amide bonds. The zero-order valence-electron chi connectivity index (χ0n) is 15.7. The largest absolute Gasteiger partial charge is 0.490 e. The Morgan fingerprint density at radius 3 is 2.32 bits per heavy atom. The number of aryl methyl sites for hydroxylation is 2. The van der Waals surface area contributed by atoms with Crippen LogP contribution in [0.1, 0.15) is 53.9 Å². The lowest BCUT2D eigenvalue weighted by Crippen LogP contribution is -2.27. The summed E-state index contributed by atoms with van der Waals surface area (Å²) in [6.07, 6.45) is 0. The van der Waals surface area contributed by atoms with E-state index in [9.17, 15) is 4.79 Å². The molecule has 0 aliphatic carbocycles. The molecule has 2 aromatic rings. The van der Waals surface area contributed by atoms with Crippen LogP contribution in [0.15, 0.2) is 36.4 Å². The summed E-state index contributed by atoms with van der Waals surface area (Å²) in [6, 6.07) is 11.5. The van der Waals surface area contributed by atoms with Gasteiger partial charge in [0.25, 0.3) is 5.91 Å². The first kappa shape index (κ1) is 18.8. The second kappa shape index (κ2) is 8.56. The van der Waals surface area contributed by atoms with Crippen LogP contribution in [-0.4, -0.2) is 19.1 Å². The molecule has 2 rings (SSSR count). The molecule has 0 aliphatic rings. The van der Waals surface area contributed by atoms with Crippen LogP contribution in [0.5, 0.6) is 11.5 Å². The maximum absolute atomic E-state index is 12.6. The smallest absolute Gasteiger partial charge is 0.252 e. The van der Waals surface area contributed by atoms with Crippen molar-refractivity contribution < 1.29 is 14.3 Å². The molecule has 2 aromatic carbocycles. The SMILES string of the molecule is CCOc1ccc(C(C)NC(=O)c2ccc(C)cc2C)cc1OCC. The van der Waals surface area contributed by atoms with Crippen molar-refractivity contribution in [3.63, 3.8) is 0 Å². The van der Waals surface area contributed by atoms with Crippen LogP contribution in [0.4, 0.5) is 0 Å². The molecule has 0 spiro atoms. The molecule has 1 unspecified atom stereocenters. The quantitative estimate of drug-likeness (QED) is 0.801. The Hall–Kier alpha value is -2.49. The van der Waals surface area contributed by atoms with Crippen LogP contribution < -0.4 is 14.8 Å². The summed E-state index contributed by atoms with van der Waals surface area (Å²) in [7, 11) is 0. The van der Waals surface area contributed by atoms with Gasteiger partial charge in [0, 0.05) is 5.56 Å². The van der Waals surface area contributed by atoms with E-state index in [0.29, 0.717) is 24.5 Å². The number of amides is 1. The van der Waals surface area contributed by atoms with Crippen LogP contribution in [-0.2, 0) is 0 Å². The van der Waals surface area contributed by atoms with Gasteiger partial charge in [-0.25, -0.2) is 0 Å². The number of nitrogens with one attached hydrogen (secondary N) is 1. The summed E-state index contributed by atoms with van der Waals surface area (Å²) in [5.41, 5.74) is 3.81. The van der Waals surface area contributed by atoms with Gasteiger partial charge in [0.2, 0.25) is 0 Å². The van der Waals surface area contributed by atoms with E-state index in [4.69, 9.17) is 9.47 Å². The molecule has 1 N–H and O–H groups in total. The molecule has 0 aliphatic heterocycles. The first-order valence-corrected chi connectivity index (χ1v) is 8.73. The molecular formula is C21H27NO3. The number of hydrogen-bond donors (Lipinski definition) is 1. The van der Waals surface area contributed by atoms with Crippen molar-refractivity contribution in [3.05, 3.63) is 58.7 Å². The summed E-state index contributed by atoms with van der Waals surface area (Å²) >= 11 is 0. The summed E-state index contributed by atoms with van der Waals surface area (Å²) in [5.74, 6) is 1.35. The van der Waals surface area contributed by atoms with Crippen LogP contribution in [0.3, 0.4) is 0 Å². The molecule has 0 heterocycles. The Bertz CT molecular complexity index is 740. The van der Waals surface area contributed by atoms with Crippen molar-refractivity contribution in [1.82, 2.24) is 5.32 Å². The minimum atomic E-state index is -0.136. The predicted molar refractivity (Wildman–Crippen MR) is 101 cm³/mol. The molecule has 0 radical (unpaired) electrons. The Labute approximate surface area is 150 Å². The number of rotatable bonds is 7. The van der Waals surface area contributed by atoms with E-state index in [1.54, 1.807) is 0 Å². The fraction of sp³-hybridized carbons (Fsp3) is 0.381. The topological polar surface area (TPSA) is 47.6 Å². The van der Waals surface area contributed by atoms with Crippen molar-refractivity contribution in [1.29, 1.82) is 0 Å². The van der Waals surface area contributed by atoms with Gasteiger partial charge in [-0.1, -0.05) is 23.8 Å². The van der Waals surface area contributed by atoms with Gasteiger partial charge in [-0.15, -0.1) is 0 Å². The Morgan fingerprint density at radius 2 is 1.68 bits per heavy atom. The van der Waals surface area contributed by atoms with Crippen LogP contribution >= 0.6 is 0 Å². The fourth-order valence-electron chi connectivity index (χ4n) is 2.76. The highest BCUT2D eigenvalue weighted by Crippen LogP contribution is 2.30. The maximum Gasteiger partial charge on any atom is 0.252 e. The van der Waals surface area contributed by atoms with Crippen molar-refractivity contribution in [2.24, 2.45) is 0 Å². The molecule has 25 heavy (non-hydrogen) atoms. The third-order valence-corrected chi connectivity index (χ3v) is 4.04. The zero-order valence-corrected chi connectivity index (χ0v) is 15.7. The van der Waals surface area contributed by atoms with E-state index >= 15 is 0 Å². The van der Waals surface area contributed by atoms with E-state index in [1.165, 1.54) is 0 Å². The molecule has 134 valence electrons. The highest BCUT2D eigenvalue weighted by atomic mass is 16.5. The van der Waals surface area contributed by atoms with Crippen LogP contribution in [0, 0.1) is 13.8 Å². The summed E-state index contributed by atoms with van der Waals surface area (Å²) in [4.78, 5) is 12.6. The molecule has 1 atom stereocenters. The third-order valence-electron chi connectivity index (χ3n) is 4.04. The standard InChI is InChI=1S/C21H27NO3/c1-6-24-19-11-9-17(13-20(19)25-7-2)16(5)22-21(23)18-10-8-14(3)12-15(18)4/h8-13,16H,6-7H2,1-5H3,(H,22,23). The Kier molecular flexibility index (Phi) is 6.45. The fourth-order valence-corrected chi connectivity index (χ4v) is 2.76. The minimum absolute atomic E-state index is 0.0724. The Morgan fingerprint density at radius 1 is 1.00 bits per heavy atom. The number of hydrogen-bond acceptors (Lipinski definition) is 3. The highest BCUT2D eigenvalue weighted by Gasteiger charge is 2.15. The van der Waals surface area contributed by atoms with Gasteiger partial charge in [0.05, 0.1) is 19.3 Å². The number of carbonyl (C=O) groups is 1. The average Bonchev–Trinajstić information content (AvgIpc) is 2.56. The summed E-state index contributed by atoms with van der Waals surface area (Å²) < 4.78 is 11.3. The lowest BCUT2D eigenvalue weighted by Gasteiger charge is -2.18. The molecule has 4 nitrogen and oxygen atoms in total. The van der Waals surface area contributed by atoms with E-state index in [1.807, 2.05) is 71.0 Å². The Balaban J connectivity index is 2.18. The summed E-state index contributed by atoms with van der Waals surface area (Å²) in [6.45, 7) is 11.0. The minimum Gasteiger partial charge on any atom is -0.490 e. The number of ether oxygens (including phenoxy) is 2. The lowest BCUT2D eigenvalue weighted by molar-refractivity contribution is 0.0939. The molecule has 0 saturated heterocycles. The van der Waals surface area contributed by atoms with E-state index < -0.39 is 0 Å². The monoisotopic (exact) mass is 341 g/mol. The van der Waals surface area contributed by atoms with Crippen molar-refractivity contribution >= 4 is 5.91 Å². The second-order valence-electron chi connectivity index (χ2n) is 6.09. The van der Waals surface area contributed by atoms with Crippen molar-refractivity contribution in [2.75, 3.05) is 13.2 Å². The van der Waals surface area contributed by atoms with Crippen molar-refractivity contribution in [2.45, 2.75) is 40.7 Å². The van der Waals surface area contributed by atoms with Gasteiger partial charge in [-0.05, 0) is 63.9 Å². The first-order valence-electron chi connectivity index (χ1n) is 8.73. The average molecular weight is 341 g/mol. The third kappa shape index (κ3) is 4.75. The van der Waals surface area contributed by atoms with Crippen LogP contribution in [0.25, 0.3) is 0 Å². The number of benzene rings is 2. The van der Waals surface area contributed by atoms with E-state index in [2.05, 4.69) is 5.32 Å². The molecule has 0 aromatic heterocycles. The molecule has 0 saturated carbocycles. The van der Waals surface area contributed by atoms with Gasteiger partial charge >= 0.3 is 0 Å². The normalized spacial score (nSPS) is 11.7. The maximum atomic E-state index is 12.6. The lowest BCUT2D eigenvalue weighted by atomic mass is 10.0. The first-order chi connectivity index (χ1) is 12.0. The molecule has 0 bridgehead atoms. The van der Waals surface area contributed by atoms with Gasteiger partial charge in [-0.3, -0.25) is 4.79 Å². The van der Waals surface area contributed by atoms with Crippen molar-refractivity contribution in [3.8, 4) is 11.5 Å². The van der Waals surface area contributed by atoms with Gasteiger partial charge in [0.15, 0.2) is 11.5 Å². The molecular weight excluding hydrogens is 314 g/mol. The van der Waals surface area contributed by atoms with Gasteiger partial charge < -0.3 is 14.8 Å².